The van der Waals surface area contributed by atoms with Gasteiger partial charge in [0.1, 0.15) is 0 Å². The van der Waals surface area contributed by atoms with E-state index in [-0.39, 0.29) is 20.1 Å². The van der Waals surface area contributed by atoms with E-state index in [1.54, 1.807) is 10.7 Å². The molecule has 0 aliphatic carbocycles. The van der Waals surface area contributed by atoms with Crippen LogP contribution in [0.2, 0.25) is 0 Å². The van der Waals surface area contributed by atoms with Crippen LogP contribution in [-0.2, 0) is 27.2 Å². The van der Waals surface area contributed by atoms with Crippen LogP contribution >= 0.6 is 0 Å². The molecule has 0 aliphatic rings. The van der Waals surface area contributed by atoms with Gasteiger partial charge in [0.05, 0.1) is 0 Å². The average molecular weight is 535 g/mol. The van der Waals surface area contributed by atoms with Gasteiger partial charge in [-0.15, -0.1) is 23.8 Å². The second kappa shape index (κ2) is 8.65. The molecular formula is C23H24IrN3-. The second-order valence-corrected chi connectivity index (χ2v) is 7.28. The van der Waals surface area contributed by atoms with Crippen LogP contribution in [0.1, 0.15) is 56.2 Å². The zero-order chi connectivity index (χ0) is 18.8. The zero-order valence-corrected chi connectivity index (χ0v) is 18.8. The Hall–Kier alpha value is -2.21. The molecule has 3 nitrogen and oxygen atoms in total. The van der Waals surface area contributed by atoms with Crippen molar-refractivity contribution >= 4 is 0 Å². The monoisotopic (exact) mass is 535 g/mol. The maximum Gasteiger partial charge on any atom is 0.0476 e. The number of hydrogen-bond donors (Lipinski definition) is 0. The number of benzene rings is 2. The minimum absolute atomic E-state index is 0. The third kappa shape index (κ3) is 4.21. The molecule has 3 aromatic rings. The topological polar surface area (TPSA) is 41.6 Å². The third-order valence-corrected chi connectivity index (χ3v) is 4.68. The van der Waals surface area contributed by atoms with Crippen LogP contribution in [-0.4, -0.2) is 9.78 Å². The largest absolute Gasteiger partial charge is 0.285 e. The van der Waals surface area contributed by atoms with E-state index in [2.05, 4.69) is 63.1 Å². The van der Waals surface area contributed by atoms with E-state index in [1.165, 1.54) is 16.7 Å². The molecule has 1 radical (unpaired) electrons. The van der Waals surface area contributed by atoms with E-state index in [9.17, 15) is 5.26 Å². The average Bonchev–Trinajstić information content (AvgIpc) is 3.06. The molecule has 0 fully saturated rings. The zero-order valence-electron chi connectivity index (χ0n) is 16.4. The Morgan fingerprint density at radius 3 is 2.19 bits per heavy atom. The molecule has 27 heavy (non-hydrogen) atoms. The summed E-state index contributed by atoms with van der Waals surface area (Å²) in [6, 6.07) is 17.8. The molecule has 141 valence electrons. The minimum atomic E-state index is 0. The molecule has 0 saturated carbocycles. The predicted octanol–water partition coefficient (Wildman–Crippen LogP) is 5.67. The fourth-order valence-electron chi connectivity index (χ4n) is 3.38. The van der Waals surface area contributed by atoms with Crippen LogP contribution in [0.4, 0.5) is 0 Å². The fourth-order valence-corrected chi connectivity index (χ4v) is 3.38. The molecule has 2 aromatic carbocycles. The van der Waals surface area contributed by atoms with Gasteiger partial charge in [-0.1, -0.05) is 63.1 Å². The van der Waals surface area contributed by atoms with Crippen molar-refractivity contribution < 1.29 is 20.1 Å². The molecule has 0 spiro atoms. The van der Waals surface area contributed by atoms with Crippen LogP contribution < -0.4 is 0 Å². The van der Waals surface area contributed by atoms with Gasteiger partial charge in [0.25, 0.3) is 0 Å². The maximum absolute atomic E-state index is 9.44. The van der Waals surface area contributed by atoms with E-state index in [1.807, 2.05) is 25.4 Å². The molecular weight excluding hydrogens is 510 g/mol. The van der Waals surface area contributed by atoms with Gasteiger partial charge in [-0.05, 0) is 28.5 Å². The molecule has 0 unspecified atom stereocenters. The van der Waals surface area contributed by atoms with E-state index in [4.69, 9.17) is 0 Å². The van der Waals surface area contributed by atoms with Crippen molar-refractivity contribution in [1.29, 1.82) is 5.26 Å². The molecule has 0 amide bonds. The first-order valence-electron chi connectivity index (χ1n) is 9.01. The first-order valence-corrected chi connectivity index (χ1v) is 9.01. The molecule has 4 heteroatoms. The molecule has 0 atom stereocenters. The van der Waals surface area contributed by atoms with Crippen molar-refractivity contribution in [3.8, 4) is 28.5 Å². The summed E-state index contributed by atoms with van der Waals surface area (Å²) < 4.78 is 1.79. The number of nitriles is 1. The van der Waals surface area contributed by atoms with Gasteiger partial charge in [0.15, 0.2) is 0 Å². The number of aromatic nitrogens is 2. The number of hydrogen-bond acceptors (Lipinski definition) is 2. The minimum Gasteiger partial charge on any atom is -0.285 e. The molecule has 3 rings (SSSR count). The van der Waals surface area contributed by atoms with Crippen LogP contribution in [0.15, 0.2) is 42.6 Å². The summed E-state index contributed by atoms with van der Waals surface area (Å²) in [5.74, 6) is 0.761. The first-order chi connectivity index (χ1) is 12.4. The molecule has 0 bridgehead atoms. The van der Waals surface area contributed by atoms with Crippen molar-refractivity contribution in [2.45, 2.75) is 39.5 Å². The number of rotatable bonds is 4. The van der Waals surface area contributed by atoms with Gasteiger partial charge < -0.3 is 0 Å². The van der Waals surface area contributed by atoms with Gasteiger partial charge in [0.2, 0.25) is 0 Å². The second-order valence-electron chi connectivity index (χ2n) is 7.28. The maximum atomic E-state index is 9.44. The summed E-state index contributed by atoms with van der Waals surface area (Å²) in [5, 5.41) is 14.0. The van der Waals surface area contributed by atoms with Gasteiger partial charge in [0, 0.05) is 45.1 Å². The molecule has 0 N–H and O–H groups in total. The summed E-state index contributed by atoms with van der Waals surface area (Å²) in [6.45, 7) is 8.84. The third-order valence-electron chi connectivity index (χ3n) is 4.68. The molecule has 0 saturated heterocycles. The normalized spacial score (nSPS) is 10.7. The first kappa shape index (κ1) is 21.1. The van der Waals surface area contributed by atoms with E-state index in [0.29, 0.717) is 17.4 Å². The van der Waals surface area contributed by atoms with Crippen molar-refractivity contribution in [2.75, 3.05) is 0 Å². The van der Waals surface area contributed by atoms with E-state index >= 15 is 0 Å². The quantitative estimate of drug-likeness (QED) is 0.405. The summed E-state index contributed by atoms with van der Waals surface area (Å²) in [4.78, 5) is 0. The van der Waals surface area contributed by atoms with Gasteiger partial charge in [-0.3, -0.25) is 4.68 Å². The van der Waals surface area contributed by atoms with Crippen molar-refractivity contribution in [2.24, 2.45) is 7.05 Å². The Kier molecular flexibility index (Phi) is 6.76. The Bertz CT molecular complexity index is 951. The molecule has 1 heterocycles. The summed E-state index contributed by atoms with van der Waals surface area (Å²) in [6.07, 6.45) is 1.93. The van der Waals surface area contributed by atoms with Crippen LogP contribution in [0.3, 0.4) is 0 Å². The molecule has 1 aromatic heterocycles. The summed E-state index contributed by atoms with van der Waals surface area (Å²) in [5.41, 5.74) is 7.27. The van der Waals surface area contributed by atoms with Gasteiger partial charge in [-0.25, -0.2) is 10.4 Å². The Balaban J connectivity index is 0.00000261. The van der Waals surface area contributed by atoms with Gasteiger partial charge >= 0.3 is 0 Å². The Morgan fingerprint density at radius 2 is 1.70 bits per heavy atom. The predicted molar refractivity (Wildman–Crippen MR) is 106 cm³/mol. The van der Waals surface area contributed by atoms with Crippen LogP contribution in [0.5, 0.6) is 0 Å². The standard InChI is InChI=1S/C23H24N3.Ir/c1-15(2)18-7-6-8-19(16(3)4)23(18)21-13-17(14-24)9-10-20(21)22-11-12-26(5)25-22;/h6-9,11-13,15-16H,1-5H3;/q-1;. The van der Waals surface area contributed by atoms with Crippen molar-refractivity contribution in [3.63, 3.8) is 0 Å². The van der Waals surface area contributed by atoms with Crippen molar-refractivity contribution in [1.82, 2.24) is 9.78 Å². The summed E-state index contributed by atoms with van der Waals surface area (Å²) >= 11 is 0. The summed E-state index contributed by atoms with van der Waals surface area (Å²) in [7, 11) is 1.91. The fraction of sp³-hybridized carbons (Fsp3) is 0.304. The SMILES string of the molecule is CC(C)c1cccc(C(C)C)c1-c1cc(C#N)c[c-]c1-c1ccn(C)n1.[Ir]. The molecule has 0 aliphatic heterocycles. The van der Waals surface area contributed by atoms with Crippen LogP contribution in [0, 0.1) is 17.4 Å². The van der Waals surface area contributed by atoms with Gasteiger partial charge in [-0.2, -0.15) is 0 Å². The van der Waals surface area contributed by atoms with Crippen LogP contribution in [0.25, 0.3) is 22.4 Å². The van der Waals surface area contributed by atoms with Crippen molar-refractivity contribution in [3.05, 3.63) is 65.4 Å². The smallest absolute Gasteiger partial charge is 0.0476 e. The van der Waals surface area contributed by atoms with E-state index < -0.39 is 0 Å². The van der Waals surface area contributed by atoms with E-state index in [0.717, 1.165) is 16.8 Å². The number of nitrogens with zero attached hydrogens (tertiary/aromatic N) is 3. The Labute approximate surface area is 175 Å². The Morgan fingerprint density at radius 1 is 1.07 bits per heavy atom. The number of aryl methyl sites for hydroxylation is 1.